The van der Waals surface area contributed by atoms with Gasteiger partial charge in [0, 0.05) is 31.8 Å². The molecule has 0 radical (unpaired) electrons. The van der Waals surface area contributed by atoms with Gasteiger partial charge < -0.3 is 10.2 Å². The molecule has 0 aromatic rings. The smallest absolute Gasteiger partial charge is 0.122 e. The van der Waals surface area contributed by atoms with E-state index >= 15 is 0 Å². The van der Waals surface area contributed by atoms with Crippen LogP contribution in [-0.2, 0) is 0 Å². The van der Waals surface area contributed by atoms with Crippen molar-refractivity contribution < 1.29 is 4.39 Å². The van der Waals surface area contributed by atoms with Gasteiger partial charge in [0.15, 0.2) is 0 Å². The van der Waals surface area contributed by atoms with Crippen molar-refractivity contribution in [3.05, 3.63) is 23.9 Å². The van der Waals surface area contributed by atoms with Gasteiger partial charge in [-0.15, -0.1) is 0 Å². The first-order valence-electron chi connectivity index (χ1n) is 6.74. The Morgan fingerprint density at radius 2 is 2.29 bits per heavy atom. The van der Waals surface area contributed by atoms with E-state index < -0.39 is 6.17 Å². The number of halogens is 1. The number of alkyl halides is 1. The summed E-state index contributed by atoms with van der Waals surface area (Å²) in [6.45, 7) is 6.58. The Kier molecular flexibility index (Phi) is 4.60. The molecule has 1 saturated heterocycles. The third kappa shape index (κ3) is 3.84. The molecule has 1 aliphatic heterocycles. The van der Waals surface area contributed by atoms with E-state index in [0.29, 0.717) is 12.3 Å². The highest BCUT2D eigenvalue weighted by Gasteiger charge is 2.16. The lowest BCUT2D eigenvalue weighted by molar-refractivity contribution is 0.298. The van der Waals surface area contributed by atoms with Crippen LogP contribution in [0.4, 0.5) is 4.39 Å². The minimum Gasteiger partial charge on any atom is -0.370 e. The second kappa shape index (κ2) is 6.20. The van der Waals surface area contributed by atoms with Crippen molar-refractivity contribution in [1.29, 1.82) is 0 Å². The van der Waals surface area contributed by atoms with Crippen molar-refractivity contribution in [3.8, 4) is 0 Å². The van der Waals surface area contributed by atoms with Crippen LogP contribution >= 0.6 is 0 Å². The first-order valence-corrected chi connectivity index (χ1v) is 6.74. The molecule has 0 aromatic heterocycles. The lowest BCUT2D eigenvalue weighted by Gasteiger charge is -2.29. The largest absolute Gasteiger partial charge is 0.370 e. The molecule has 17 heavy (non-hydrogen) atoms. The summed E-state index contributed by atoms with van der Waals surface area (Å²) in [5, 5.41) is 3.46. The summed E-state index contributed by atoms with van der Waals surface area (Å²) < 4.78 is 13.0. The predicted octanol–water partition coefficient (Wildman–Crippen LogP) is 2.49. The molecule has 1 fully saturated rings. The van der Waals surface area contributed by atoms with Crippen molar-refractivity contribution in [2.24, 2.45) is 5.92 Å². The van der Waals surface area contributed by atoms with Gasteiger partial charge in [0.25, 0.3) is 0 Å². The van der Waals surface area contributed by atoms with Gasteiger partial charge in [0.05, 0.1) is 0 Å². The maximum Gasteiger partial charge on any atom is 0.122 e. The fourth-order valence-corrected chi connectivity index (χ4v) is 2.53. The van der Waals surface area contributed by atoms with Crippen LogP contribution in [0.1, 0.15) is 26.2 Å². The first kappa shape index (κ1) is 12.6. The number of allylic oxidation sites excluding steroid dienone is 3. The van der Waals surface area contributed by atoms with E-state index in [1.54, 1.807) is 6.08 Å². The minimum absolute atomic E-state index is 0.532. The molecule has 1 N–H and O–H groups in total. The van der Waals surface area contributed by atoms with E-state index in [9.17, 15) is 4.39 Å². The molecule has 2 rings (SSSR count). The molecule has 2 unspecified atom stereocenters. The summed E-state index contributed by atoms with van der Waals surface area (Å²) in [6.07, 6.45) is 7.94. The van der Waals surface area contributed by atoms with Gasteiger partial charge in [-0.2, -0.15) is 0 Å². The van der Waals surface area contributed by atoms with Crippen LogP contribution in [0, 0.1) is 5.92 Å². The fraction of sp³-hybridized carbons (Fsp3) is 0.714. The predicted molar refractivity (Wildman–Crippen MR) is 69.6 cm³/mol. The van der Waals surface area contributed by atoms with E-state index in [0.717, 1.165) is 26.2 Å². The molecule has 3 heteroatoms. The van der Waals surface area contributed by atoms with Crippen LogP contribution in [0.3, 0.4) is 0 Å². The Morgan fingerprint density at radius 3 is 3.06 bits per heavy atom. The second-order valence-electron chi connectivity index (χ2n) is 5.18. The van der Waals surface area contributed by atoms with E-state index in [1.165, 1.54) is 18.5 Å². The van der Waals surface area contributed by atoms with Crippen LogP contribution < -0.4 is 5.32 Å². The molecule has 2 atom stereocenters. The van der Waals surface area contributed by atoms with E-state index in [4.69, 9.17) is 0 Å². The summed E-state index contributed by atoms with van der Waals surface area (Å²) in [6, 6.07) is 0. The average Bonchev–Trinajstić information content (AvgIpc) is 2.42. The summed E-state index contributed by atoms with van der Waals surface area (Å²) >= 11 is 0. The molecule has 0 amide bonds. The van der Waals surface area contributed by atoms with Crippen LogP contribution in [0.5, 0.6) is 0 Å². The van der Waals surface area contributed by atoms with Crippen molar-refractivity contribution >= 4 is 0 Å². The second-order valence-corrected chi connectivity index (χ2v) is 5.18. The number of hydrogen-bond donors (Lipinski definition) is 1. The number of rotatable bonds is 1. The maximum atomic E-state index is 13.0. The molecular weight excluding hydrogens is 215 g/mol. The van der Waals surface area contributed by atoms with Crippen LogP contribution in [0.15, 0.2) is 23.9 Å². The standard InChI is InChI=1S/C14H23FN2/c1-12-3-2-8-16-9-10-17(11-12)14-6-4-13(15)5-7-14/h4,6-7,12-13,16H,2-3,5,8-11H2,1H3. The van der Waals surface area contributed by atoms with Gasteiger partial charge in [0.2, 0.25) is 0 Å². The SMILES string of the molecule is CC1CCCNCCN(C2=CCC(F)C=C2)C1. The van der Waals surface area contributed by atoms with Crippen molar-refractivity contribution in [2.75, 3.05) is 26.2 Å². The third-order valence-corrected chi connectivity index (χ3v) is 3.53. The van der Waals surface area contributed by atoms with Crippen LogP contribution in [0.2, 0.25) is 0 Å². The van der Waals surface area contributed by atoms with Crippen LogP contribution in [-0.4, -0.2) is 37.3 Å². The quantitative estimate of drug-likeness (QED) is 0.755. The van der Waals surface area contributed by atoms with Gasteiger partial charge in [-0.05, 0) is 37.5 Å². The lowest BCUT2D eigenvalue weighted by Crippen LogP contribution is -2.33. The summed E-state index contributed by atoms with van der Waals surface area (Å²) in [5.74, 6) is 0.715. The molecule has 0 aromatic carbocycles. The molecular formula is C14H23FN2. The zero-order valence-electron chi connectivity index (χ0n) is 10.7. The van der Waals surface area contributed by atoms with Gasteiger partial charge in [0.1, 0.15) is 6.17 Å². The molecule has 2 nitrogen and oxygen atoms in total. The molecule has 0 bridgehead atoms. The Labute approximate surface area is 104 Å². The highest BCUT2D eigenvalue weighted by molar-refractivity contribution is 5.23. The molecule has 96 valence electrons. The Morgan fingerprint density at radius 1 is 1.41 bits per heavy atom. The van der Waals surface area contributed by atoms with Crippen molar-refractivity contribution in [3.63, 3.8) is 0 Å². The molecule has 0 saturated carbocycles. The highest BCUT2D eigenvalue weighted by atomic mass is 19.1. The fourth-order valence-electron chi connectivity index (χ4n) is 2.53. The maximum absolute atomic E-state index is 13.0. The van der Waals surface area contributed by atoms with Gasteiger partial charge in [-0.3, -0.25) is 0 Å². The Bertz CT molecular complexity index is 299. The minimum atomic E-state index is -0.785. The molecule has 1 heterocycles. The van der Waals surface area contributed by atoms with E-state index in [1.807, 2.05) is 12.2 Å². The number of nitrogens with one attached hydrogen (secondary N) is 1. The monoisotopic (exact) mass is 238 g/mol. The van der Waals surface area contributed by atoms with E-state index in [-0.39, 0.29) is 0 Å². The number of hydrogen-bond acceptors (Lipinski definition) is 2. The summed E-state index contributed by atoms with van der Waals surface area (Å²) in [5.41, 5.74) is 1.20. The first-order chi connectivity index (χ1) is 8.25. The Balaban J connectivity index is 1.99. The molecule has 0 spiro atoms. The van der Waals surface area contributed by atoms with Gasteiger partial charge in [-0.25, -0.2) is 4.39 Å². The van der Waals surface area contributed by atoms with Gasteiger partial charge >= 0.3 is 0 Å². The average molecular weight is 238 g/mol. The Hall–Kier alpha value is -0.830. The normalized spacial score (nSPS) is 31.4. The zero-order chi connectivity index (χ0) is 12.1. The topological polar surface area (TPSA) is 15.3 Å². The summed E-state index contributed by atoms with van der Waals surface area (Å²) in [4.78, 5) is 2.39. The number of nitrogens with zero attached hydrogens (tertiary/aromatic N) is 1. The third-order valence-electron chi connectivity index (χ3n) is 3.53. The van der Waals surface area contributed by atoms with Crippen molar-refractivity contribution in [1.82, 2.24) is 10.2 Å². The highest BCUT2D eigenvalue weighted by Crippen LogP contribution is 2.19. The molecule has 1 aliphatic carbocycles. The summed E-state index contributed by atoms with van der Waals surface area (Å²) in [7, 11) is 0. The van der Waals surface area contributed by atoms with Crippen molar-refractivity contribution in [2.45, 2.75) is 32.4 Å². The zero-order valence-corrected chi connectivity index (χ0v) is 10.7. The van der Waals surface area contributed by atoms with E-state index in [2.05, 4.69) is 17.1 Å². The van der Waals surface area contributed by atoms with Gasteiger partial charge in [-0.1, -0.05) is 13.0 Å². The lowest BCUT2D eigenvalue weighted by atomic mass is 10.0. The molecule has 2 aliphatic rings. The van der Waals surface area contributed by atoms with Crippen LogP contribution in [0.25, 0.3) is 0 Å².